The van der Waals surface area contributed by atoms with Gasteiger partial charge in [-0.1, -0.05) is 0 Å². The van der Waals surface area contributed by atoms with Crippen LogP contribution in [0.15, 0.2) is 18.5 Å². The molecular formula is C11H16F3N3. The molecule has 1 aromatic heterocycles. The summed E-state index contributed by atoms with van der Waals surface area (Å²) in [4.78, 5) is 3.95. The Morgan fingerprint density at radius 1 is 1.47 bits per heavy atom. The van der Waals surface area contributed by atoms with Crippen molar-refractivity contribution in [2.24, 2.45) is 5.84 Å². The van der Waals surface area contributed by atoms with E-state index in [4.69, 9.17) is 5.84 Å². The second kappa shape index (κ2) is 5.97. The van der Waals surface area contributed by atoms with Crippen molar-refractivity contribution in [1.82, 2.24) is 10.4 Å². The van der Waals surface area contributed by atoms with Crippen LogP contribution < -0.4 is 11.3 Å². The normalized spacial score (nSPS) is 13.7. The number of aryl methyl sites for hydroxylation is 1. The van der Waals surface area contributed by atoms with Gasteiger partial charge in [0.05, 0.1) is 0 Å². The first-order valence-corrected chi connectivity index (χ1v) is 5.37. The Morgan fingerprint density at radius 3 is 2.71 bits per heavy atom. The lowest BCUT2D eigenvalue weighted by atomic mass is 9.99. The molecule has 96 valence electrons. The van der Waals surface area contributed by atoms with Gasteiger partial charge in [0.1, 0.15) is 0 Å². The first kappa shape index (κ1) is 13.9. The molecule has 0 saturated heterocycles. The fourth-order valence-corrected chi connectivity index (χ4v) is 1.68. The van der Waals surface area contributed by atoms with Gasteiger partial charge in [-0.25, -0.2) is 0 Å². The van der Waals surface area contributed by atoms with E-state index >= 15 is 0 Å². The van der Waals surface area contributed by atoms with Crippen LogP contribution in [0, 0.1) is 6.92 Å². The predicted molar refractivity (Wildman–Crippen MR) is 58.9 cm³/mol. The van der Waals surface area contributed by atoms with E-state index in [1.165, 1.54) is 0 Å². The van der Waals surface area contributed by atoms with Gasteiger partial charge in [-0.05, 0) is 37.0 Å². The molecule has 0 radical (unpaired) electrons. The Balaban J connectivity index is 2.58. The molecule has 0 aromatic carbocycles. The van der Waals surface area contributed by atoms with Gasteiger partial charge in [0.2, 0.25) is 0 Å². The van der Waals surface area contributed by atoms with Crippen molar-refractivity contribution in [1.29, 1.82) is 0 Å². The maximum absolute atomic E-state index is 12.0. The fourth-order valence-electron chi connectivity index (χ4n) is 1.68. The number of rotatable bonds is 5. The summed E-state index contributed by atoms with van der Waals surface area (Å²) in [6.07, 6.45) is -1.24. The van der Waals surface area contributed by atoms with E-state index < -0.39 is 12.6 Å². The van der Waals surface area contributed by atoms with Crippen LogP contribution in [-0.2, 0) is 0 Å². The number of hydrogen-bond donors (Lipinski definition) is 2. The summed E-state index contributed by atoms with van der Waals surface area (Å²) >= 11 is 0. The lowest BCUT2D eigenvalue weighted by Crippen LogP contribution is -2.29. The van der Waals surface area contributed by atoms with E-state index in [1.54, 1.807) is 12.4 Å². The Kier molecular flexibility index (Phi) is 4.89. The Morgan fingerprint density at radius 2 is 2.18 bits per heavy atom. The summed E-state index contributed by atoms with van der Waals surface area (Å²) < 4.78 is 36.1. The van der Waals surface area contributed by atoms with Gasteiger partial charge in [0.25, 0.3) is 0 Å². The molecule has 3 nitrogen and oxygen atoms in total. The van der Waals surface area contributed by atoms with Crippen LogP contribution >= 0.6 is 0 Å². The topological polar surface area (TPSA) is 50.9 Å². The predicted octanol–water partition coefficient (Wildman–Crippen LogP) is 2.63. The zero-order chi connectivity index (χ0) is 12.9. The first-order chi connectivity index (χ1) is 7.94. The number of alkyl halides is 3. The van der Waals surface area contributed by atoms with Crippen molar-refractivity contribution >= 4 is 0 Å². The molecule has 17 heavy (non-hydrogen) atoms. The highest BCUT2D eigenvalue weighted by atomic mass is 19.4. The van der Waals surface area contributed by atoms with Crippen molar-refractivity contribution in [2.75, 3.05) is 0 Å². The number of nitrogens with one attached hydrogen (secondary N) is 1. The highest BCUT2D eigenvalue weighted by Crippen LogP contribution is 2.26. The van der Waals surface area contributed by atoms with E-state index in [1.807, 2.05) is 13.0 Å². The van der Waals surface area contributed by atoms with E-state index in [0.717, 1.165) is 11.1 Å². The smallest absolute Gasteiger partial charge is 0.271 e. The van der Waals surface area contributed by atoms with Gasteiger partial charge in [0.15, 0.2) is 0 Å². The summed E-state index contributed by atoms with van der Waals surface area (Å²) in [5.74, 6) is 5.36. The molecule has 0 bridgehead atoms. The Bertz CT molecular complexity index is 352. The molecule has 1 heterocycles. The van der Waals surface area contributed by atoms with Crippen LogP contribution in [0.2, 0.25) is 0 Å². The quantitative estimate of drug-likeness (QED) is 0.621. The SMILES string of the molecule is Cc1ccncc1C(CCCC(F)(F)F)NN. The van der Waals surface area contributed by atoms with Crippen LogP contribution in [0.5, 0.6) is 0 Å². The summed E-state index contributed by atoms with van der Waals surface area (Å²) in [6.45, 7) is 1.88. The summed E-state index contributed by atoms with van der Waals surface area (Å²) in [7, 11) is 0. The first-order valence-electron chi connectivity index (χ1n) is 5.37. The second-order valence-electron chi connectivity index (χ2n) is 3.96. The number of aromatic nitrogens is 1. The average Bonchev–Trinajstić information content (AvgIpc) is 2.24. The van der Waals surface area contributed by atoms with Gasteiger partial charge in [-0.2, -0.15) is 13.2 Å². The number of hydrogen-bond acceptors (Lipinski definition) is 3. The largest absolute Gasteiger partial charge is 0.389 e. The maximum Gasteiger partial charge on any atom is 0.389 e. The molecule has 3 N–H and O–H groups in total. The number of pyridine rings is 1. The monoisotopic (exact) mass is 247 g/mol. The number of nitrogens with zero attached hydrogens (tertiary/aromatic N) is 1. The molecule has 6 heteroatoms. The van der Waals surface area contributed by atoms with Gasteiger partial charge in [-0.3, -0.25) is 16.3 Å². The number of halogens is 3. The van der Waals surface area contributed by atoms with Crippen LogP contribution in [0.25, 0.3) is 0 Å². The third-order valence-electron chi connectivity index (χ3n) is 2.61. The number of nitrogens with two attached hydrogens (primary N) is 1. The lowest BCUT2D eigenvalue weighted by Gasteiger charge is -2.18. The average molecular weight is 247 g/mol. The van der Waals surface area contributed by atoms with Crippen LogP contribution in [0.4, 0.5) is 13.2 Å². The van der Waals surface area contributed by atoms with Crippen molar-refractivity contribution in [3.63, 3.8) is 0 Å². The van der Waals surface area contributed by atoms with Crippen LogP contribution in [-0.4, -0.2) is 11.2 Å². The second-order valence-corrected chi connectivity index (χ2v) is 3.96. The van der Waals surface area contributed by atoms with Crippen molar-refractivity contribution in [3.8, 4) is 0 Å². The molecule has 1 atom stereocenters. The summed E-state index contributed by atoms with van der Waals surface area (Å²) in [6, 6.07) is 1.52. The molecule has 1 aromatic rings. The molecule has 0 aliphatic rings. The van der Waals surface area contributed by atoms with Crippen molar-refractivity contribution in [2.45, 2.75) is 38.4 Å². The highest BCUT2D eigenvalue weighted by Gasteiger charge is 2.27. The maximum atomic E-state index is 12.0. The summed E-state index contributed by atoms with van der Waals surface area (Å²) in [5, 5.41) is 0. The fraction of sp³-hybridized carbons (Fsp3) is 0.545. The lowest BCUT2D eigenvalue weighted by molar-refractivity contribution is -0.135. The van der Waals surface area contributed by atoms with Gasteiger partial charge < -0.3 is 0 Å². The third-order valence-corrected chi connectivity index (χ3v) is 2.61. The van der Waals surface area contributed by atoms with Crippen molar-refractivity contribution < 1.29 is 13.2 Å². The Labute approximate surface area is 98.2 Å². The molecule has 0 saturated carbocycles. The zero-order valence-electron chi connectivity index (χ0n) is 9.59. The molecule has 0 fully saturated rings. The van der Waals surface area contributed by atoms with Crippen LogP contribution in [0.1, 0.15) is 36.4 Å². The third kappa shape index (κ3) is 4.70. The molecule has 0 aliphatic carbocycles. The molecule has 0 spiro atoms. The molecule has 0 amide bonds. The minimum atomic E-state index is -4.11. The van der Waals surface area contributed by atoms with Gasteiger partial charge >= 0.3 is 6.18 Å². The molecule has 0 aliphatic heterocycles. The summed E-state index contributed by atoms with van der Waals surface area (Å²) in [5.41, 5.74) is 4.35. The number of hydrazine groups is 1. The van der Waals surface area contributed by atoms with E-state index in [2.05, 4.69) is 10.4 Å². The van der Waals surface area contributed by atoms with Crippen LogP contribution in [0.3, 0.4) is 0 Å². The van der Waals surface area contributed by atoms with E-state index in [-0.39, 0.29) is 12.5 Å². The molecule has 1 rings (SSSR count). The Hall–Kier alpha value is -1.14. The zero-order valence-corrected chi connectivity index (χ0v) is 9.59. The highest BCUT2D eigenvalue weighted by molar-refractivity contribution is 5.24. The standard InChI is InChI=1S/C11H16F3N3/c1-8-4-6-16-7-9(8)10(17-15)3-2-5-11(12,13)14/h4,6-7,10,17H,2-3,5,15H2,1H3. The molecular weight excluding hydrogens is 231 g/mol. The van der Waals surface area contributed by atoms with E-state index in [9.17, 15) is 13.2 Å². The molecule has 1 unspecified atom stereocenters. The van der Waals surface area contributed by atoms with Gasteiger partial charge in [-0.15, -0.1) is 0 Å². The van der Waals surface area contributed by atoms with Gasteiger partial charge in [0, 0.05) is 24.9 Å². The minimum Gasteiger partial charge on any atom is -0.271 e. The minimum absolute atomic E-state index is 0.0483. The van der Waals surface area contributed by atoms with Crippen molar-refractivity contribution in [3.05, 3.63) is 29.6 Å². The van der Waals surface area contributed by atoms with E-state index in [0.29, 0.717) is 6.42 Å².